The number of anilines is 1. The lowest BCUT2D eigenvalue weighted by Crippen LogP contribution is -2.40. The van der Waals surface area contributed by atoms with Crippen LogP contribution in [-0.4, -0.2) is 38.4 Å². The summed E-state index contributed by atoms with van der Waals surface area (Å²) in [5.74, 6) is 0.203. The summed E-state index contributed by atoms with van der Waals surface area (Å²) in [6, 6.07) is 11.4. The van der Waals surface area contributed by atoms with Crippen molar-refractivity contribution in [1.29, 1.82) is 0 Å². The van der Waals surface area contributed by atoms with E-state index >= 15 is 0 Å². The van der Waals surface area contributed by atoms with E-state index in [1.165, 1.54) is 25.7 Å². The van der Waals surface area contributed by atoms with Gasteiger partial charge in [-0.15, -0.1) is 0 Å². The quantitative estimate of drug-likeness (QED) is 0.549. The second-order valence-electron chi connectivity index (χ2n) is 9.75. The van der Waals surface area contributed by atoms with Gasteiger partial charge in [-0.3, -0.25) is 9.80 Å². The predicted molar refractivity (Wildman–Crippen MR) is 141 cm³/mol. The van der Waals surface area contributed by atoms with Gasteiger partial charge in [0.15, 0.2) is 0 Å². The Balaban J connectivity index is 1.45. The third-order valence-corrected chi connectivity index (χ3v) is 8.58. The van der Waals surface area contributed by atoms with Crippen molar-refractivity contribution in [3.05, 3.63) is 69.5 Å². The number of primary sulfonamides is 1. The molecule has 36 heavy (non-hydrogen) atoms. The third kappa shape index (κ3) is 4.85. The summed E-state index contributed by atoms with van der Waals surface area (Å²) in [5, 5.41) is 15.3. The molecule has 0 spiro atoms. The molecule has 1 aliphatic heterocycles. The van der Waals surface area contributed by atoms with Crippen LogP contribution in [0.3, 0.4) is 0 Å². The van der Waals surface area contributed by atoms with Crippen LogP contribution in [0, 0.1) is 18.4 Å². The maximum Gasteiger partial charge on any atom is 0.251 e. The average Bonchev–Trinajstić information content (AvgIpc) is 3.50. The van der Waals surface area contributed by atoms with Gasteiger partial charge in [0.25, 0.3) is 5.91 Å². The van der Waals surface area contributed by atoms with Gasteiger partial charge in [-0.25, -0.2) is 18.4 Å². The van der Waals surface area contributed by atoms with Gasteiger partial charge in [-0.2, -0.15) is 5.10 Å². The summed E-state index contributed by atoms with van der Waals surface area (Å²) in [4.78, 5) is 16.1. The number of nitrogens with two attached hydrogens (primary N) is 1. The number of hydrogen-bond acceptors (Lipinski definition) is 5. The van der Waals surface area contributed by atoms with E-state index in [-0.39, 0.29) is 30.2 Å². The zero-order valence-electron chi connectivity index (χ0n) is 19.8. The van der Waals surface area contributed by atoms with Gasteiger partial charge < -0.3 is 5.32 Å². The summed E-state index contributed by atoms with van der Waals surface area (Å²) in [6.07, 6.45) is 6.60. The molecule has 10 heteroatoms. The summed E-state index contributed by atoms with van der Waals surface area (Å²) in [5.41, 5.74) is 4.99. The molecule has 0 unspecified atom stereocenters. The van der Waals surface area contributed by atoms with Crippen LogP contribution in [0.5, 0.6) is 0 Å². The van der Waals surface area contributed by atoms with Crippen LogP contribution in [0.2, 0.25) is 5.02 Å². The zero-order valence-corrected chi connectivity index (χ0v) is 21.4. The van der Waals surface area contributed by atoms with Gasteiger partial charge >= 0.3 is 0 Å². The molecule has 0 bridgehead atoms. The normalized spacial score (nSPS) is 21.5. The highest BCUT2D eigenvalue weighted by atomic mass is 35.5. The Morgan fingerprint density at radius 1 is 1.19 bits per heavy atom. The largest absolute Gasteiger partial charge is 0.351 e. The van der Waals surface area contributed by atoms with E-state index in [4.69, 9.17) is 28.4 Å². The molecule has 8 nitrogen and oxygen atoms in total. The number of fused-ring (bicyclic) bond motifs is 3. The fraction of sp³-hybridized carbons (Fsp3) is 0.423. The lowest BCUT2D eigenvalue weighted by molar-refractivity contribution is 0.0956. The second-order valence-corrected chi connectivity index (χ2v) is 11.9. The van der Waals surface area contributed by atoms with Crippen molar-refractivity contribution in [2.45, 2.75) is 44.6 Å². The maximum absolute atomic E-state index is 12.6. The van der Waals surface area contributed by atoms with Crippen molar-refractivity contribution in [1.82, 2.24) is 5.32 Å². The Bertz CT molecular complexity index is 1380. The number of halogens is 1. The zero-order chi connectivity index (χ0) is 25.4. The minimum Gasteiger partial charge on any atom is -0.351 e. The topological polar surface area (TPSA) is 109 Å². The molecule has 2 aromatic rings. The standard InChI is InChI=1S/C26H28ClN5O3S/c1-29-23-11-8-19(15-22(23)27)32-25(16-4-2-3-5-16)21-10-6-17-14-18(7-9-20(17)24(21)31-32)26(33)30-12-13-36(28,34)35/h7-9,11,14-16,21,25H,2-6,10,12-13H2,(H,30,33)(H2,28,34,35)/t21-,25-/m0/s1. The van der Waals surface area contributed by atoms with Crippen LogP contribution in [0.4, 0.5) is 11.4 Å². The van der Waals surface area contributed by atoms with Crippen molar-refractivity contribution in [2.24, 2.45) is 22.1 Å². The Labute approximate surface area is 216 Å². The fourth-order valence-electron chi connectivity index (χ4n) is 5.85. The van der Waals surface area contributed by atoms with Crippen LogP contribution in [-0.2, 0) is 16.4 Å². The van der Waals surface area contributed by atoms with E-state index in [9.17, 15) is 13.2 Å². The Morgan fingerprint density at radius 3 is 2.67 bits per heavy atom. The van der Waals surface area contributed by atoms with Gasteiger partial charge in [0, 0.05) is 28.6 Å². The minimum atomic E-state index is -3.63. The molecule has 0 aromatic heterocycles. The van der Waals surface area contributed by atoms with Crippen molar-refractivity contribution in [2.75, 3.05) is 17.3 Å². The van der Waals surface area contributed by atoms with E-state index in [1.807, 2.05) is 24.3 Å². The van der Waals surface area contributed by atoms with Crippen molar-refractivity contribution < 1.29 is 13.2 Å². The number of carbonyl (C=O) groups is 1. The highest BCUT2D eigenvalue weighted by Gasteiger charge is 2.45. The summed E-state index contributed by atoms with van der Waals surface area (Å²) in [6.45, 7) is 7.27. The molecule has 1 saturated carbocycles. The van der Waals surface area contributed by atoms with Crippen molar-refractivity contribution >= 4 is 44.6 Å². The first-order valence-electron chi connectivity index (χ1n) is 12.2. The number of nitrogens with one attached hydrogen (secondary N) is 1. The first-order valence-corrected chi connectivity index (χ1v) is 14.3. The first-order chi connectivity index (χ1) is 17.2. The molecule has 2 aromatic carbocycles. The van der Waals surface area contributed by atoms with Crippen molar-refractivity contribution in [3.8, 4) is 0 Å². The number of amides is 1. The monoisotopic (exact) mass is 525 g/mol. The van der Waals surface area contributed by atoms with Gasteiger partial charge in [-0.1, -0.05) is 36.6 Å². The summed E-state index contributed by atoms with van der Waals surface area (Å²) in [7, 11) is -3.63. The maximum atomic E-state index is 12.6. The van der Waals surface area contributed by atoms with Gasteiger partial charge in [0.05, 0.1) is 29.8 Å². The fourth-order valence-corrected chi connectivity index (χ4v) is 6.45. The van der Waals surface area contributed by atoms with Gasteiger partial charge in [0.2, 0.25) is 15.7 Å². The summed E-state index contributed by atoms with van der Waals surface area (Å²) >= 11 is 6.39. The highest BCUT2D eigenvalue weighted by molar-refractivity contribution is 7.89. The molecule has 0 radical (unpaired) electrons. The molecule has 2 aliphatic carbocycles. The number of hydrogen-bond donors (Lipinski definition) is 2. The number of sulfonamides is 1. The lowest BCUT2D eigenvalue weighted by Gasteiger charge is -2.34. The predicted octanol–water partition coefficient (Wildman–Crippen LogP) is 4.25. The van der Waals surface area contributed by atoms with Crippen LogP contribution in [0.25, 0.3) is 4.85 Å². The first kappa shape index (κ1) is 24.8. The second kappa shape index (κ2) is 9.85. The van der Waals surface area contributed by atoms with Crippen LogP contribution in [0.15, 0.2) is 41.5 Å². The van der Waals surface area contributed by atoms with Gasteiger partial charge in [-0.05, 0) is 61.4 Å². The number of aryl methyl sites for hydroxylation is 1. The number of rotatable bonds is 6. The van der Waals surface area contributed by atoms with E-state index < -0.39 is 10.0 Å². The molecule has 0 saturated heterocycles. The number of nitrogens with zero attached hydrogens (tertiary/aromatic N) is 3. The SMILES string of the molecule is [C-]#[N+]c1ccc(N2N=C3c4ccc(C(=O)NCCS(N)(=O)=O)cc4CC[C@@H]3[C@@H]2C2CCCC2)cc1Cl. The molecule has 3 aliphatic rings. The van der Waals surface area contributed by atoms with Crippen LogP contribution < -0.4 is 15.5 Å². The number of benzene rings is 2. The molecule has 1 fully saturated rings. The third-order valence-electron chi connectivity index (χ3n) is 7.50. The van der Waals surface area contributed by atoms with Crippen LogP contribution in [0.1, 0.15) is 53.6 Å². The Morgan fingerprint density at radius 2 is 1.97 bits per heavy atom. The molecular formula is C26H28ClN5O3S. The highest BCUT2D eigenvalue weighted by Crippen LogP contribution is 2.45. The van der Waals surface area contributed by atoms with E-state index in [0.717, 1.165) is 35.4 Å². The van der Waals surface area contributed by atoms with E-state index in [2.05, 4.69) is 15.2 Å². The smallest absolute Gasteiger partial charge is 0.251 e. The van der Waals surface area contributed by atoms with E-state index in [1.54, 1.807) is 12.1 Å². The van der Waals surface area contributed by atoms with Crippen LogP contribution >= 0.6 is 11.6 Å². The molecule has 5 rings (SSSR count). The molecule has 1 heterocycles. The molecule has 188 valence electrons. The average molecular weight is 526 g/mol. The minimum absolute atomic E-state index is 0.0313. The molecular weight excluding hydrogens is 498 g/mol. The van der Waals surface area contributed by atoms with E-state index in [0.29, 0.717) is 22.2 Å². The van der Waals surface area contributed by atoms with Crippen molar-refractivity contribution in [3.63, 3.8) is 0 Å². The van der Waals surface area contributed by atoms with Gasteiger partial charge in [0.1, 0.15) is 0 Å². The number of carbonyl (C=O) groups excluding carboxylic acids is 1. The Kier molecular flexibility index (Phi) is 6.77. The number of hydrazone groups is 1. The lowest BCUT2D eigenvalue weighted by atomic mass is 9.74. The molecule has 2 atom stereocenters. The summed E-state index contributed by atoms with van der Waals surface area (Å²) < 4.78 is 22.3. The Hall–Kier alpha value is -2.93. The molecule has 3 N–H and O–H groups in total. The molecule has 1 amide bonds.